The van der Waals surface area contributed by atoms with Gasteiger partial charge < -0.3 is 10.3 Å². The van der Waals surface area contributed by atoms with Gasteiger partial charge in [-0.15, -0.1) is 0 Å². The average molecular weight is 355 g/mol. The summed E-state index contributed by atoms with van der Waals surface area (Å²) in [6.45, 7) is 1.71. The highest BCUT2D eigenvalue weighted by atomic mass is 35.5. The Morgan fingerprint density at radius 1 is 1.43 bits per heavy atom. The summed E-state index contributed by atoms with van der Waals surface area (Å²) in [5.41, 5.74) is 6.24. The highest BCUT2D eigenvalue weighted by Crippen LogP contribution is 2.29. The molecule has 6 nitrogen and oxygen atoms in total. The molecule has 2 N–H and O–H groups in total. The third-order valence-electron chi connectivity index (χ3n) is 3.70. The first kappa shape index (κ1) is 17.4. The van der Waals surface area contributed by atoms with Gasteiger partial charge in [-0.25, -0.2) is 4.98 Å². The third kappa shape index (κ3) is 4.09. The molecular weight excluding hydrogens is 339 g/mol. The number of nitrogens with two attached hydrogens (primary N) is 1. The monoisotopic (exact) mass is 354 g/mol. The number of hydrogen-bond acceptors (Lipinski definition) is 4. The molecule has 0 fully saturated rings. The third-order valence-corrected chi connectivity index (χ3v) is 4.56. The van der Waals surface area contributed by atoms with Gasteiger partial charge in [-0.05, 0) is 31.4 Å². The molecule has 1 aromatic carbocycles. The van der Waals surface area contributed by atoms with Crippen molar-refractivity contribution in [2.75, 3.05) is 0 Å². The molecule has 0 saturated carbocycles. The van der Waals surface area contributed by atoms with Gasteiger partial charge in [0.2, 0.25) is 0 Å². The number of hydrogen-bond donors (Lipinski definition) is 1. The zero-order valence-corrected chi connectivity index (χ0v) is 14.0. The van der Waals surface area contributed by atoms with Crippen LogP contribution < -0.4 is 5.73 Å². The maximum Gasteiger partial charge on any atom is 0.268 e. The molecule has 2 aromatic rings. The molecule has 23 heavy (non-hydrogen) atoms. The zero-order chi connectivity index (χ0) is 17.0. The maximum atomic E-state index is 11.2. The molecule has 2 atom stereocenters. The van der Waals surface area contributed by atoms with E-state index >= 15 is 0 Å². The van der Waals surface area contributed by atoms with Gasteiger partial charge in [0.05, 0.1) is 22.4 Å². The molecule has 0 saturated heterocycles. The van der Waals surface area contributed by atoms with Crippen molar-refractivity contribution in [3.8, 4) is 0 Å². The van der Waals surface area contributed by atoms with Crippen LogP contribution in [0.3, 0.4) is 0 Å². The Bertz CT molecular complexity index is 717. The molecule has 1 amide bonds. The lowest BCUT2D eigenvalue weighted by Gasteiger charge is -2.20. The van der Waals surface area contributed by atoms with Gasteiger partial charge in [0, 0.05) is 6.20 Å². The summed E-state index contributed by atoms with van der Waals surface area (Å²) in [6.07, 6.45) is 4.19. The Labute approximate surface area is 143 Å². The Morgan fingerprint density at radius 3 is 2.78 bits per heavy atom. The molecule has 0 radical (unpaired) electrons. The van der Waals surface area contributed by atoms with Crippen molar-refractivity contribution in [2.24, 2.45) is 10.9 Å². The Hall–Kier alpha value is -1.92. The second-order valence-electron chi connectivity index (χ2n) is 5.24. The molecular formula is C15H16Cl2N4O2. The van der Waals surface area contributed by atoms with Crippen molar-refractivity contribution in [1.82, 2.24) is 9.55 Å². The summed E-state index contributed by atoms with van der Waals surface area (Å²) in [4.78, 5) is 26.1. The van der Waals surface area contributed by atoms with E-state index in [0.717, 1.165) is 5.56 Å². The second-order valence-corrected chi connectivity index (χ2v) is 6.02. The van der Waals surface area contributed by atoms with Gasteiger partial charge in [-0.3, -0.25) is 4.79 Å². The molecule has 8 heteroatoms. The van der Waals surface area contributed by atoms with E-state index in [1.54, 1.807) is 17.6 Å². The van der Waals surface area contributed by atoms with Crippen LogP contribution in [-0.2, 0) is 6.42 Å². The van der Waals surface area contributed by atoms with Gasteiger partial charge >= 0.3 is 0 Å². The summed E-state index contributed by atoms with van der Waals surface area (Å²) >= 11 is 12.2. The van der Waals surface area contributed by atoms with Gasteiger partial charge in [0.1, 0.15) is 11.7 Å². The van der Waals surface area contributed by atoms with E-state index in [-0.39, 0.29) is 11.7 Å². The van der Waals surface area contributed by atoms with Crippen molar-refractivity contribution >= 4 is 29.1 Å². The molecule has 0 aliphatic carbocycles. The molecule has 122 valence electrons. The first-order valence-electron chi connectivity index (χ1n) is 7.02. The van der Waals surface area contributed by atoms with Crippen molar-refractivity contribution in [1.29, 1.82) is 0 Å². The fraction of sp³-hybridized carbons (Fsp3) is 0.333. The minimum atomic E-state index is -0.618. The Balaban J connectivity index is 2.20. The highest BCUT2D eigenvalue weighted by Gasteiger charge is 2.21. The number of rotatable bonds is 7. The smallest absolute Gasteiger partial charge is 0.268 e. The van der Waals surface area contributed by atoms with Gasteiger partial charge in [-0.1, -0.05) is 40.5 Å². The number of halogens is 2. The normalized spacial score (nSPS) is 13.5. The molecule has 0 aliphatic rings. The number of aromatic nitrogens is 2. The molecule has 1 aromatic heterocycles. The Morgan fingerprint density at radius 2 is 2.17 bits per heavy atom. The van der Waals surface area contributed by atoms with Crippen LogP contribution in [0.1, 0.15) is 35.4 Å². The molecule has 1 unspecified atom stereocenters. The lowest BCUT2D eigenvalue weighted by Crippen LogP contribution is -2.20. The maximum absolute atomic E-state index is 11.2. The van der Waals surface area contributed by atoms with Crippen LogP contribution in [-0.4, -0.2) is 21.5 Å². The average Bonchev–Trinajstić information content (AvgIpc) is 3.01. The van der Waals surface area contributed by atoms with Crippen molar-refractivity contribution in [2.45, 2.75) is 31.8 Å². The summed E-state index contributed by atoms with van der Waals surface area (Å²) in [5.74, 6) is -0.618. The largest absolute Gasteiger partial charge is 0.364 e. The number of nitrogens with zero attached hydrogens (tertiary/aromatic N) is 3. The quantitative estimate of drug-likeness (QED) is 0.769. The topological polar surface area (TPSA) is 90.3 Å². The predicted octanol–water partition coefficient (Wildman–Crippen LogP) is 3.62. The van der Waals surface area contributed by atoms with E-state index in [0.29, 0.717) is 22.9 Å². The summed E-state index contributed by atoms with van der Waals surface area (Å²) < 4.78 is 1.69. The highest BCUT2D eigenvalue weighted by molar-refractivity contribution is 6.42. The number of benzene rings is 1. The van der Waals surface area contributed by atoms with Crippen LogP contribution in [0.25, 0.3) is 0 Å². The first-order chi connectivity index (χ1) is 10.9. The van der Waals surface area contributed by atoms with Gasteiger partial charge in [-0.2, -0.15) is 4.91 Å². The van der Waals surface area contributed by atoms with Crippen LogP contribution in [0.2, 0.25) is 10.0 Å². The summed E-state index contributed by atoms with van der Waals surface area (Å²) in [6, 6.07) is 4.66. The molecule has 0 spiro atoms. The SMILES string of the molecule is CC(N=O)[C@@H](CCc1cccc(Cl)c1Cl)n1cnc(C(N)=O)c1. The van der Waals surface area contributed by atoms with Crippen molar-refractivity contribution in [3.63, 3.8) is 0 Å². The number of primary amides is 1. The molecule has 0 aliphatic heterocycles. The number of imidazole rings is 1. The standard InChI is InChI=1S/C15H16Cl2N4O2/c1-9(20-23)13(21-7-12(15(18)22)19-8-21)6-5-10-3-2-4-11(16)14(10)17/h2-4,7-9,13H,5-6H2,1H3,(H2,18,22)/t9?,13-/m1/s1. The predicted molar refractivity (Wildman–Crippen MR) is 89.8 cm³/mol. The lowest BCUT2D eigenvalue weighted by atomic mass is 10.0. The minimum Gasteiger partial charge on any atom is -0.364 e. The summed E-state index contributed by atoms with van der Waals surface area (Å²) in [7, 11) is 0. The van der Waals surface area contributed by atoms with Crippen LogP contribution >= 0.6 is 23.2 Å². The molecule has 0 bridgehead atoms. The molecule has 1 heterocycles. The zero-order valence-electron chi connectivity index (χ0n) is 12.4. The number of carbonyl (C=O) groups excluding carboxylic acids is 1. The van der Waals surface area contributed by atoms with Gasteiger partial charge in [0.25, 0.3) is 5.91 Å². The number of nitroso groups, excluding NO2 is 1. The number of amides is 1. The Kier molecular flexibility index (Phi) is 5.74. The van der Waals surface area contributed by atoms with E-state index in [1.807, 2.05) is 12.1 Å². The first-order valence-corrected chi connectivity index (χ1v) is 7.78. The summed E-state index contributed by atoms with van der Waals surface area (Å²) in [5, 5.41) is 4.09. The van der Waals surface area contributed by atoms with Crippen molar-refractivity contribution < 1.29 is 4.79 Å². The van der Waals surface area contributed by atoms with Crippen LogP contribution in [0.15, 0.2) is 35.9 Å². The number of carbonyl (C=O) groups is 1. The van der Waals surface area contributed by atoms with E-state index < -0.39 is 11.9 Å². The second kappa shape index (κ2) is 7.57. The van der Waals surface area contributed by atoms with E-state index in [1.165, 1.54) is 12.5 Å². The van der Waals surface area contributed by atoms with E-state index in [9.17, 15) is 9.70 Å². The number of aryl methyl sites for hydroxylation is 1. The fourth-order valence-electron chi connectivity index (χ4n) is 2.40. The van der Waals surface area contributed by atoms with Crippen LogP contribution in [0.5, 0.6) is 0 Å². The fourth-order valence-corrected chi connectivity index (χ4v) is 2.81. The van der Waals surface area contributed by atoms with Gasteiger partial charge in [0.15, 0.2) is 0 Å². The minimum absolute atomic E-state index is 0.147. The van der Waals surface area contributed by atoms with E-state index in [4.69, 9.17) is 28.9 Å². The molecule has 2 rings (SSSR count). The van der Waals surface area contributed by atoms with E-state index in [2.05, 4.69) is 10.2 Å². The lowest BCUT2D eigenvalue weighted by molar-refractivity contribution is 0.0996. The van der Waals surface area contributed by atoms with Crippen LogP contribution in [0, 0.1) is 4.91 Å². The van der Waals surface area contributed by atoms with Crippen molar-refractivity contribution in [3.05, 3.63) is 56.9 Å². The van der Waals surface area contributed by atoms with Crippen LogP contribution in [0.4, 0.5) is 0 Å².